The minimum absolute atomic E-state index is 0.00280. The molecule has 0 aliphatic carbocycles. The standard InChI is InChI=1S/C19H19N3O5/c1-12-16(18(24)22(21(12)3)14-8-5-4-6-9-14)20-17(23)13(2)27-19(25)15-10-7-11-26-15/h4-11,13H,1-3H3,(H,20,23). The van der Waals surface area contributed by atoms with E-state index in [9.17, 15) is 14.4 Å². The maximum Gasteiger partial charge on any atom is 0.374 e. The predicted molar refractivity (Wildman–Crippen MR) is 98.0 cm³/mol. The lowest BCUT2D eigenvalue weighted by Crippen LogP contribution is -2.32. The summed E-state index contributed by atoms with van der Waals surface area (Å²) in [6.45, 7) is 3.14. The molecule has 8 nitrogen and oxygen atoms in total. The number of para-hydroxylation sites is 1. The molecule has 0 bridgehead atoms. The SMILES string of the molecule is Cc1c(NC(=O)C(C)OC(=O)c2ccco2)c(=O)n(-c2ccccc2)n1C. The van der Waals surface area contributed by atoms with Crippen molar-refractivity contribution < 1.29 is 18.7 Å². The number of carbonyl (C=O) groups is 2. The smallest absolute Gasteiger partial charge is 0.374 e. The van der Waals surface area contributed by atoms with Gasteiger partial charge in [0.2, 0.25) is 5.76 Å². The van der Waals surface area contributed by atoms with E-state index in [4.69, 9.17) is 9.15 Å². The topological polar surface area (TPSA) is 95.5 Å². The molecule has 2 heterocycles. The van der Waals surface area contributed by atoms with Crippen molar-refractivity contribution in [2.75, 3.05) is 5.32 Å². The zero-order valence-corrected chi connectivity index (χ0v) is 15.1. The van der Waals surface area contributed by atoms with Gasteiger partial charge in [-0.1, -0.05) is 18.2 Å². The Kier molecular flexibility index (Phi) is 4.98. The normalized spacial score (nSPS) is 11.8. The maximum atomic E-state index is 12.8. The van der Waals surface area contributed by atoms with E-state index in [2.05, 4.69) is 5.32 Å². The van der Waals surface area contributed by atoms with Gasteiger partial charge in [0.05, 0.1) is 17.6 Å². The number of aromatic nitrogens is 2. The Hall–Kier alpha value is -3.55. The Morgan fingerprint density at radius 2 is 1.85 bits per heavy atom. The van der Waals surface area contributed by atoms with Gasteiger partial charge < -0.3 is 14.5 Å². The molecule has 1 unspecified atom stereocenters. The van der Waals surface area contributed by atoms with E-state index < -0.39 is 18.0 Å². The van der Waals surface area contributed by atoms with Crippen molar-refractivity contribution in [3.63, 3.8) is 0 Å². The van der Waals surface area contributed by atoms with Gasteiger partial charge in [-0.15, -0.1) is 0 Å². The van der Waals surface area contributed by atoms with Crippen LogP contribution < -0.4 is 10.9 Å². The lowest BCUT2D eigenvalue weighted by Gasteiger charge is -2.12. The van der Waals surface area contributed by atoms with Gasteiger partial charge in [0, 0.05) is 7.05 Å². The summed E-state index contributed by atoms with van der Waals surface area (Å²) in [7, 11) is 1.72. The Bertz CT molecular complexity index is 1020. The number of esters is 1. The average Bonchev–Trinajstić information content (AvgIpc) is 3.26. The first kappa shape index (κ1) is 18.2. The van der Waals surface area contributed by atoms with Gasteiger partial charge in [-0.25, -0.2) is 9.48 Å². The molecule has 0 radical (unpaired) electrons. The highest BCUT2D eigenvalue weighted by Crippen LogP contribution is 2.15. The van der Waals surface area contributed by atoms with Crippen LogP contribution in [0.15, 0.2) is 57.9 Å². The number of furan rings is 1. The average molecular weight is 369 g/mol. The molecule has 0 aliphatic rings. The molecule has 1 amide bonds. The van der Waals surface area contributed by atoms with Crippen molar-refractivity contribution in [3.05, 3.63) is 70.5 Å². The van der Waals surface area contributed by atoms with Crippen LogP contribution in [0.2, 0.25) is 0 Å². The Labute approximate surface area is 154 Å². The van der Waals surface area contributed by atoms with E-state index in [0.29, 0.717) is 11.4 Å². The number of carbonyl (C=O) groups excluding carboxylic acids is 2. The summed E-state index contributed by atoms with van der Waals surface area (Å²) >= 11 is 0. The quantitative estimate of drug-likeness (QED) is 0.696. The highest BCUT2D eigenvalue weighted by Gasteiger charge is 2.24. The van der Waals surface area contributed by atoms with E-state index >= 15 is 0 Å². The predicted octanol–water partition coefficient (Wildman–Crippen LogP) is 2.26. The first-order valence-corrected chi connectivity index (χ1v) is 8.29. The first-order valence-electron chi connectivity index (χ1n) is 8.29. The minimum atomic E-state index is -1.10. The number of nitrogens with zero attached hydrogens (tertiary/aromatic N) is 2. The molecule has 0 saturated carbocycles. The summed E-state index contributed by atoms with van der Waals surface area (Å²) < 4.78 is 13.1. The molecule has 3 rings (SSSR count). The summed E-state index contributed by atoms with van der Waals surface area (Å²) in [5.74, 6) is -1.37. The van der Waals surface area contributed by atoms with Crippen molar-refractivity contribution in [1.29, 1.82) is 0 Å². The van der Waals surface area contributed by atoms with Crippen LogP contribution in [-0.4, -0.2) is 27.3 Å². The van der Waals surface area contributed by atoms with Crippen molar-refractivity contribution >= 4 is 17.6 Å². The van der Waals surface area contributed by atoms with Gasteiger partial charge in [-0.2, -0.15) is 0 Å². The summed E-state index contributed by atoms with van der Waals surface area (Å²) in [6, 6.07) is 12.0. The van der Waals surface area contributed by atoms with Crippen molar-refractivity contribution in [3.8, 4) is 5.69 Å². The number of hydrogen-bond donors (Lipinski definition) is 1. The van der Waals surface area contributed by atoms with Crippen LogP contribution in [0.25, 0.3) is 5.69 Å². The number of amides is 1. The van der Waals surface area contributed by atoms with Crippen molar-refractivity contribution in [2.45, 2.75) is 20.0 Å². The minimum Gasteiger partial charge on any atom is -0.457 e. The molecule has 0 spiro atoms. The molecule has 1 aromatic carbocycles. The molecule has 2 aromatic heterocycles. The number of ether oxygens (including phenoxy) is 1. The van der Waals surface area contributed by atoms with Crippen LogP contribution in [0.4, 0.5) is 5.69 Å². The zero-order valence-electron chi connectivity index (χ0n) is 15.1. The van der Waals surface area contributed by atoms with Crippen LogP contribution in [0.3, 0.4) is 0 Å². The number of nitrogens with one attached hydrogen (secondary N) is 1. The van der Waals surface area contributed by atoms with Gasteiger partial charge in [-0.05, 0) is 38.1 Å². The highest BCUT2D eigenvalue weighted by molar-refractivity contribution is 5.96. The molecule has 0 fully saturated rings. The first-order chi connectivity index (χ1) is 12.9. The Morgan fingerprint density at radius 1 is 1.15 bits per heavy atom. The number of benzene rings is 1. The second kappa shape index (κ2) is 7.36. The highest BCUT2D eigenvalue weighted by atomic mass is 16.6. The fourth-order valence-corrected chi connectivity index (χ4v) is 2.60. The van der Waals surface area contributed by atoms with Crippen LogP contribution >= 0.6 is 0 Å². The molecule has 1 N–H and O–H groups in total. The fraction of sp³-hybridized carbons (Fsp3) is 0.211. The van der Waals surface area contributed by atoms with E-state index in [-0.39, 0.29) is 17.0 Å². The third-order valence-corrected chi connectivity index (χ3v) is 4.18. The molecule has 8 heteroatoms. The van der Waals surface area contributed by atoms with Gasteiger partial charge >= 0.3 is 5.97 Å². The summed E-state index contributed by atoms with van der Waals surface area (Å²) in [4.78, 5) is 37.1. The fourth-order valence-electron chi connectivity index (χ4n) is 2.60. The van der Waals surface area contributed by atoms with Crippen LogP contribution in [0.5, 0.6) is 0 Å². The van der Waals surface area contributed by atoms with Gasteiger partial charge in [0.1, 0.15) is 5.69 Å². The van der Waals surface area contributed by atoms with E-state index in [1.165, 1.54) is 23.9 Å². The number of hydrogen-bond acceptors (Lipinski definition) is 5. The Balaban J connectivity index is 1.80. The van der Waals surface area contributed by atoms with Gasteiger partial charge in [-0.3, -0.25) is 14.3 Å². The number of rotatable bonds is 5. The third kappa shape index (κ3) is 3.55. The molecule has 0 aliphatic heterocycles. The molecule has 1 atom stereocenters. The monoisotopic (exact) mass is 369 g/mol. The van der Waals surface area contributed by atoms with E-state index in [1.54, 1.807) is 36.9 Å². The van der Waals surface area contributed by atoms with Crippen LogP contribution in [-0.2, 0) is 16.6 Å². The van der Waals surface area contributed by atoms with Crippen molar-refractivity contribution in [2.24, 2.45) is 7.05 Å². The second-order valence-corrected chi connectivity index (χ2v) is 5.95. The van der Waals surface area contributed by atoms with E-state index in [1.807, 2.05) is 18.2 Å². The zero-order chi connectivity index (χ0) is 19.6. The second-order valence-electron chi connectivity index (χ2n) is 5.95. The van der Waals surface area contributed by atoms with Gasteiger partial charge in [0.15, 0.2) is 6.10 Å². The molecule has 27 heavy (non-hydrogen) atoms. The van der Waals surface area contributed by atoms with Gasteiger partial charge in [0.25, 0.3) is 11.5 Å². The molecule has 3 aromatic rings. The van der Waals surface area contributed by atoms with Crippen LogP contribution in [0.1, 0.15) is 23.2 Å². The maximum absolute atomic E-state index is 12.8. The lowest BCUT2D eigenvalue weighted by molar-refractivity contribution is -0.123. The van der Waals surface area contributed by atoms with E-state index in [0.717, 1.165) is 0 Å². The summed E-state index contributed by atoms with van der Waals surface area (Å²) in [6.07, 6.45) is 0.229. The van der Waals surface area contributed by atoms with Crippen LogP contribution in [0, 0.1) is 6.92 Å². The molecular weight excluding hydrogens is 350 g/mol. The molecule has 140 valence electrons. The molecule has 0 saturated heterocycles. The molecular formula is C19H19N3O5. The third-order valence-electron chi connectivity index (χ3n) is 4.18. The summed E-state index contributed by atoms with van der Waals surface area (Å²) in [5, 5.41) is 2.56. The number of anilines is 1. The largest absolute Gasteiger partial charge is 0.457 e. The summed E-state index contributed by atoms with van der Waals surface area (Å²) in [5.41, 5.74) is 0.999. The lowest BCUT2D eigenvalue weighted by atomic mass is 10.3. The Morgan fingerprint density at radius 3 is 2.48 bits per heavy atom. The van der Waals surface area contributed by atoms with Crippen molar-refractivity contribution in [1.82, 2.24) is 9.36 Å².